The Morgan fingerprint density at radius 1 is 0.750 bits per heavy atom. The normalized spacial score (nSPS) is 24.0. The van der Waals surface area contributed by atoms with E-state index in [2.05, 4.69) is 14.0 Å². The van der Waals surface area contributed by atoms with Crippen molar-refractivity contribution in [3.05, 3.63) is 0 Å². The highest BCUT2D eigenvalue weighted by Crippen LogP contribution is 2.43. The Bertz CT molecular complexity index is 580. The van der Waals surface area contributed by atoms with Crippen LogP contribution in [0.1, 0.15) is 96.8 Å². The highest BCUT2D eigenvalue weighted by molar-refractivity contribution is 7.47. The molecule has 1 aliphatic carbocycles. The van der Waals surface area contributed by atoms with Crippen LogP contribution in [0.3, 0.4) is 0 Å². The van der Waals surface area contributed by atoms with Crippen LogP contribution in [0.25, 0.3) is 0 Å². The molecule has 1 N–H and O–H groups in total. The first-order chi connectivity index (χ1) is 17.4. The van der Waals surface area contributed by atoms with E-state index in [-0.39, 0.29) is 19.3 Å². The van der Waals surface area contributed by atoms with Gasteiger partial charge >= 0.3 is 7.82 Å². The maximum Gasteiger partial charge on any atom is 0.472 e. The molecule has 2 rings (SSSR count). The van der Waals surface area contributed by atoms with Gasteiger partial charge in [0, 0.05) is 6.61 Å². The molecule has 0 aromatic heterocycles. The average Bonchev–Trinajstić information content (AvgIpc) is 2.86. The number of hydrogen-bond donors (Lipinski definition) is 1. The smallest absolute Gasteiger partial charge is 0.378 e. The molecule has 1 unspecified atom stereocenters. The third-order valence-corrected chi connectivity index (χ3v) is 8.62. The first-order valence-corrected chi connectivity index (χ1v) is 16.2. The Hall–Kier alpha value is -0.0500. The van der Waals surface area contributed by atoms with Crippen LogP contribution in [-0.2, 0) is 27.8 Å². The molecular formula is C27H55NO7P+. The van der Waals surface area contributed by atoms with E-state index in [0.717, 1.165) is 49.9 Å². The Morgan fingerprint density at radius 2 is 1.25 bits per heavy atom. The van der Waals surface area contributed by atoms with Crippen LogP contribution in [0.5, 0.6) is 0 Å². The lowest BCUT2D eigenvalue weighted by Crippen LogP contribution is -2.53. The molecule has 9 heteroatoms. The zero-order chi connectivity index (χ0) is 26.0. The molecule has 0 aromatic rings. The highest BCUT2D eigenvalue weighted by atomic mass is 31.2. The molecule has 0 bridgehead atoms. The van der Waals surface area contributed by atoms with Crippen molar-refractivity contribution in [1.82, 2.24) is 0 Å². The zero-order valence-corrected chi connectivity index (χ0v) is 24.1. The maximum atomic E-state index is 12.1. The van der Waals surface area contributed by atoms with Crippen molar-refractivity contribution in [3.63, 3.8) is 0 Å². The first-order valence-electron chi connectivity index (χ1n) is 14.7. The third kappa shape index (κ3) is 15.4. The molecule has 1 aliphatic heterocycles. The molecule has 0 amide bonds. The molecule has 1 heterocycles. The number of quaternary nitrogens is 1. The Kier molecular flexibility index (Phi) is 17.0. The number of phosphoric ester groups is 1. The molecule has 36 heavy (non-hydrogen) atoms. The van der Waals surface area contributed by atoms with Gasteiger partial charge in [-0.05, 0) is 32.1 Å². The second-order valence-electron chi connectivity index (χ2n) is 10.9. The van der Waals surface area contributed by atoms with E-state index >= 15 is 0 Å². The van der Waals surface area contributed by atoms with Gasteiger partial charge in [0.2, 0.25) is 0 Å². The second-order valence-corrected chi connectivity index (χ2v) is 12.3. The van der Waals surface area contributed by atoms with E-state index in [0.29, 0.717) is 32.5 Å². The van der Waals surface area contributed by atoms with Crippen molar-refractivity contribution in [2.75, 3.05) is 66.3 Å². The van der Waals surface area contributed by atoms with Crippen LogP contribution >= 0.6 is 7.82 Å². The summed E-state index contributed by atoms with van der Waals surface area (Å²) in [6, 6.07) is 0. The van der Waals surface area contributed by atoms with Crippen molar-refractivity contribution in [3.8, 4) is 0 Å². The molecule has 8 nitrogen and oxygen atoms in total. The van der Waals surface area contributed by atoms with Gasteiger partial charge in [0.1, 0.15) is 26.2 Å². The van der Waals surface area contributed by atoms with Crippen molar-refractivity contribution in [1.29, 1.82) is 0 Å². The summed E-state index contributed by atoms with van der Waals surface area (Å²) in [5, 5.41) is 0. The van der Waals surface area contributed by atoms with Gasteiger partial charge in [-0.15, -0.1) is 0 Å². The average molecular weight is 537 g/mol. The lowest BCUT2D eigenvalue weighted by atomic mass is 9.95. The standard InChI is InChI=1S/C27H54NO7P/c1-3-4-5-6-7-8-9-10-11-12-20-32-26-13-15-27(16-14-26)33-24-25-35-36(29,30)34-23-19-28(2)17-21-31-22-18-28/h26-27H,3-25H2,1-2H3/p+1. The summed E-state index contributed by atoms with van der Waals surface area (Å²) in [6.07, 6.45) is 18.0. The molecule has 214 valence electrons. The van der Waals surface area contributed by atoms with E-state index in [4.69, 9.17) is 23.3 Å². The van der Waals surface area contributed by atoms with Gasteiger partial charge in [0.25, 0.3) is 0 Å². The fourth-order valence-electron chi connectivity index (χ4n) is 4.99. The summed E-state index contributed by atoms with van der Waals surface area (Å²) < 4.78 is 40.5. The first kappa shape index (κ1) is 32.2. The SMILES string of the molecule is CCCCCCCCCCCCOC1CCC(OCCOP(=O)(O)OCC[N+]2(C)CCOCC2)CC1. The van der Waals surface area contributed by atoms with Crippen molar-refractivity contribution in [2.24, 2.45) is 0 Å². The minimum Gasteiger partial charge on any atom is -0.378 e. The number of likely N-dealkylation sites (N-methyl/N-ethyl adjacent to an activating group) is 1. The molecule has 0 spiro atoms. The number of rotatable bonds is 21. The predicted octanol–water partition coefficient (Wildman–Crippen LogP) is 5.86. The van der Waals surface area contributed by atoms with Gasteiger partial charge in [-0.1, -0.05) is 64.7 Å². The molecule has 1 saturated carbocycles. The van der Waals surface area contributed by atoms with Crippen molar-refractivity contribution >= 4 is 7.82 Å². The van der Waals surface area contributed by atoms with Crippen LogP contribution < -0.4 is 0 Å². The van der Waals surface area contributed by atoms with Gasteiger partial charge in [0.05, 0.1) is 45.7 Å². The second kappa shape index (κ2) is 19.1. The van der Waals surface area contributed by atoms with E-state index in [1.807, 2.05) is 0 Å². The van der Waals surface area contributed by atoms with Gasteiger partial charge in [-0.25, -0.2) is 4.57 Å². The monoisotopic (exact) mass is 536 g/mol. The Morgan fingerprint density at radius 3 is 1.83 bits per heavy atom. The summed E-state index contributed by atoms with van der Waals surface area (Å²) in [4.78, 5) is 9.91. The number of morpholine rings is 1. The van der Waals surface area contributed by atoms with Gasteiger partial charge in [-0.2, -0.15) is 0 Å². The number of unbranched alkanes of at least 4 members (excludes halogenated alkanes) is 9. The fourth-order valence-corrected chi connectivity index (χ4v) is 5.69. The lowest BCUT2D eigenvalue weighted by Gasteiger charge is -2.37. The van der Waals surface area contributed by atoms with Crippen molar-refractivity contribution in [2.45, 2.75) is 109 Å². The highest BCUT2D eigenvalue weighted by Gasteiger charge is 2.28. The van der Waals surface area contributed by atoms with E-state index in [9.17, 15) is 9.46 Å². The molecule has 2 aliphatic rings. The topological polar surface area (TPSA) is 83.5 Å². The molecule has 2 fully saturated rings. The number of phosphoric acid groups is 1. The van der Waals surface area contributed by atoms with Crippen LogP contribution in [0, 0.1) is 0 Å². The largest absolute Gasteiger partial charge is 0.472 e. The van der Waals surface area contributed by atoms with Crippen LogP contribution in [0.2, 0.25) is 0 Å². The van der Waals surface area contributed by atoms with Crippen LogP contribution in [0.4, 0.5) is 0 Å². The predicted molar refractivity (Wildman–Crippen MR) is 143 cm³/mol. The molecule has 0 radical (unpaired) electrons. The quantitative estimate of drug-likeness (QED) is 0.112. The minimum absolute atomic E-state index is 0.0584. The molecule has 1 saturated heterocycles. The van der Waals surface area contributed by atoms with E-state index in [1.165, 1.54) is 64.2 Å². The zero-order valence-electron chi connectivity index (χ0n) is 23.2. The van der Waals surface area contributed by atoms with Gasteiger partial charge < -0.3 is 23.6 Å². The summed E-state index contributed by atoms with van der Waals surface area (Å²) in [5.74, 6) is 0. The Labute approximate surface area is 220 Å². The van der Waals surface area contributed by atoms with E-state index in [1.54, 1.807) is 0 Å². The summed E-state index contributed by atoms with van der Waals surface area (Å²) in [6.45, 7) is 7.57. The lowest BCUT2D eigenvalue weighted by molar-refractivity contribution is -0.916. The number of nitrogens with zero attached hydrogens (tertiary/aromatic N) is 1. The summed E-state index contributed by atoms with van der Waals surface area (Å²) in [5.41, 5.74) is 0. The summed E-state index contributed by atoms with van der Waals surface area (Å²) in [7, 11) is -1.93. The van der Waals surface area contributed by atoms with Gasteiger partial charge in [-0.3, -0.25) is 9.05 Å². The van der Waals surface area contributed by atoms with Crippen LogP contribution in [0.15, 0.2) is 0 Å². The maximum absolute atomic E-state index is 12.1. The van der Waals surface area contributed by atoms with E-state index < -0.39 is 7.82 Å². The van der Waals surface area contributed by atoms with Crippen molar-refractivity contribution < 1.29 is 37.2 Å². The van der Waals surface area contributed by atoms with Gasteiger partial charge in [0.15, 0.2) is 0 Å². The summed E-state index contributed by atoms with van der Waals surface area (Å²) >= 11 is 0. The fraction of sp³-hybridized carbons (Fsp3) is 1.00. The molecule has 1 atom stereocenters. The minimum atomic E-state index is -4.04. The molecular weight excluding hydrogens is 481 g/mol. The number of hydrogen-bond acceptors (Lipinski definition) is 6. The molecule has 0 aromatic carbocycles. The number of ether oxygens (including phenoxy) is 3. The third-order valence-electron chi connectivity index (χ3n) is 7.60. The van der Waals surface area contributed by atoms with Crippen LogP contribution in [-0.4, -0.2) is 87.9 Å². The Balaban J connectivity index is 1.39.